The van der Waals surface area contributed by atoms with Crippen molar-refractivity contribution >= 4 is 17.3 Å². The summed E-state index contributed by atoms with van der Waals surface area (Å²) < 4.78 is 0. The number of halogens is 1. The van der Waals surface area contributed by atoms with Crippen molar-refractivity contribution in [3.05, 3.63) is 35.0 Å². The maximum atomic E-state index is 6.00. The minimum atomic E-state index is 0.748. The van der Waals surface area contributed by atoms with Crippen LogP contribution in [0.4, 0.5) is 5.69 Å². The lowest BCUT2D eigenvalue weighted by Crippen LogP contribution is -2.01. The second-order valence-electron chi connectivity index (χ2n) is 3.64. The molecule has 0 bridgehead atoms. The van der Waals surface area contributed by atoms with Crippen LogP contribution < -0.4 is 5.32 Å². The van der Waals surface area contributed by atoms with Crippen molar-refractivity contribution < 1.29 is 0 Å². The van der Waals surface area contributed by atoms with E-state index in [2.05, 4.69) is 15.5 Å². The van der Waals surface area contributed by atoms with Crippen LogP contribution in [0.5, 0.6) is 0 Å². The van der Waals surface area contributed by atoms with E-state index in [9.17, 15) is 0 Å². The Morgan fingerprint density at radius 2 is 2.27 bits per heavy atom. The third-order valence-corrected chi connectivity index (χ3v) is 2.91. The van der Waals surface area contributed by atoms with Crippen LogP contribution in [0.2, 0.25) is 5.02 Å². The summed E-state index contributed by atoms with van der Waals surface area (Å²) in [7, 11) is 0. The summed E-state index contributed by atoms with van der Waals surface area (Å²) in [4.78, 5) is 0. The summed E-state index contributed by atoms with van der Waals surface area (Å²) in [6.07, 6.45) is 2.87. The van der Waals surface area contributed by atoms with Gasteiger partial charge in [0, 0.05) is 22.8 Å². The third kappa shape index (κ3) is 1.39. The van der Waals surface area contributed by atoms with E-state index in [0.717, 1.165) is 34.9 Å². The van der Waals surface area contributed by atoms with E-state index in [1.165, 1.54) is 5.56 Å². The molecule has 76 valence electrons. The summed E-state index contributed by atoms with van der Waals surface area (Å²) in [6, 6.07) is 5.87. The largest absolute Gasteiger partial charge is 0.384 e. The van der Waals surface area contributed by atoms with Crippen LogP contribution in [0.15, 0.2) is 24.4 Å². The van der Waals surface area contributed by atoms with Gasteiger partial charge >= 0.3 is 0 Å². The highest BCUT2D eigenvalue weighted by Gasteiger charge is 2.15. The average Bonchev–Trinajstić information content (AvgIpc) is 2.62. The Labute approximate surface area is 92.5 Å². The molecule has 2 aromatic rings. The van der Waals surface area contributed by atoms with Crippen molar-refractivity contribution in [2.75, 3.05) is 11.9 Å². The maximum absolute atomic E-state index is 6.00. The summed E-state index contributed by atoms with van der Waals surface area (Å²) in [5, 5.41) is 11.2. The molecule has 1 aliphatic heterocycles. The van der Waals surface area contributed by atoms with Gasteiger partial charge in [0.1, 0.15) is 0 Å². The van der Waals surface area contributed by atoms with Gasteiger partial charge in [0.15, 0.2) is 0 Å². The first-order valence-electron chi connectivity index (χ1n) is 4.90. The van der Waals surface area contributed by atoms with Crippen molar-refractivity contribution in [3.63, 3.8) is 0 Å². The monoisotopic (exact) mass is 219 g/mol. The fraction of sp³-hybridized carbons (Fsp3) is 0.182. The molecule has 3 nitrogen and oxygen atoms in total. The zero-order valence-corrected chi connectivity index (χ0v) is 8.80. The van der Waals surface area contributed by atoms with Crippen molar-refractivity contribution in [3.8, 4) is 11.3 Å². The molecule has 2 heterocycles. The highest BCUT2D eigenvalue weighted by atomic mass is 35.5. The van der Waals surface area contributed by atoms with E-state index in [1.54, 1.807) is 0 Å². The zero-order chi connectivity index (χ0) is 10.3. The Morgan fingerprint density at radius 1 is 1.33 bits per heavy atom. The van der Waals surface area contributed by atoms with Crippen LogP contribution in [-0.4, -0.2) is 16.7 Å². The van der Waals surface area contributed by atoms with E-state index in [4.69, 9.17) is 11.6 Å². The highest BCUT2D eigenvalue weighted by Crippen LogP contribution is 2.33. The number of benzene rings is 1. The molecular formula is C11H10ClN3. The van der Waals surface area contributed by atoms with Crippen molar-refractivity contribution in [1.82, 2.24) is 10.2 Å². The second-order valence-corrected chi connectivity index (χ2v) is 4.07. The summed E-state index contributed by atoms with van der Waals surface area (Å²) in [5.74, 6) is 0. The van der Waals surface area contributed by atoms with Gasteiger partial charge in [-0.15, -0.1) is 0 Å². The smallest absolute Gasteiger partial charge is 0.0704 e. The van der Waals surface area contributed by atoms with E-state index in [1.807, 2.05) is 24.4 Å². The molecular weight excluding hydrogens is 210 g/mol. The molecule has 0 atom stereocenters. The van der Waals surface area contributed by atoms with Gasteiger partial charge in [0.25, 0.3) is 0 Å². The number of hydrogen-bond donors (Lipinski definition) is 2. The standard InChI is InChI=1S/C11H10ClN3/c12-8-1-2-10-9(5-8)11-7(3-4-13-10)6-14-15-11/h1-2,5-6,13H,3-4H2,(H,14,15). The highest BCUT2D eigenvalue weighted by molar-refractivity contribution is 6.31. The summed E-state index contributed by atoms with van der Waals surface area (Å²) in [6.45, 7) is 0.932. The van der Waals surface area contributed by atoms with Gasteiger partial charge < -0.3 is 5.32 Å². The molecule has 15 heavy (non-hydrogen) atoms. The predicted molar refractivity (Wildman–Crippen MR) is 61.2 cm³/mol. The fourth-order valence-corrected chi connectivity index (χ4v) is 2.12. The number of rotatable bonds is 0. The summed E-state index contributed by atoms with van der Waals surface area (Å²) >= 11 is 6.00. The van der Waals surface area contributed by atoms with Crippen LogP contribution in [-0.2, 0) is 6.42 Å². The quantitative estimate of drug-likeness (QED) is 0.715. The molecule has 0 radical (unpaired) electrons. The minimum absolute atomic E-state index is 0.748. The molecule has 0 unspecified atom stereocenters. The molecule has 0 spiro atoms. The molecule has 0 fully saturated rings. The van der Waals surface area contributed by atoms with Gasteiger partial charge in [0.2, 0.25) is 0 Å². The molecule has 0 saturated heterocycles. The number of nitrogens with one attached hydrogen (secondary N) is 2. The molecule has 3 rings (SSSR count). The molecule has 1 aromatic heterocycles. The van der Waals surface area contributed by atoms with Crippen molar-refractivity contribution in [1.29, 1.82) is 0 Å². The molecule has 1 aromatic carbocycles. The Bertz CT molecular complexity index is 504. The van der Waals surface area contributed by atoms with Crippen LogP contribution in [0.3, 0.4) is 0 Å². The van der Waals surface area contributed by atoms with Crippen LogP contribution >= 0.6 is 11.6 Å². The third-order valence-electron chi connectivity index (χ3n) is 2.68. The lowest BCUT2D eigenvalue weighted by Gasteiger charge is -2.07. The van der Waals surface area contributed by atoms with E-state index in [-0.39, 0.29) is 0 Å². The molecule has 0 saturated carbocycles. The maximum Gasteiger partial charge on any atom is 0.0704 e. The lowest BCUT2D eigenvalue weighted by atomic mass is 10.1. The normalized spacial score (nSPS) is 13.7. The number of nitrogens with zero attached hydrogens (tertiary/aromatic N) is 1. The van der Waals surface area contributed by atoms with Gasteiger partial charge in [-0.2, -0.15) is 5.10 Å². The zero-order valence-electron chi connectivity index (χ0n) is 8.05. The predicted octanol–water partition coefficient (Wildman–Crippen LogP) is 2.70. The minimum Gasteiger partial charge on any atom is -0.384 e. The summed E-state index contributed by atoms with van der Waals surface area (Å²) in [5.41, 5.74) is 4.54. The average molecular weight is 220 g/mol. The number of hydrogen-bond acceptors (Lipinski definition) is 2. The SMILES string of the molecule is Clc1ccc2c(c1)-c1[nH]ncc1CCN2. The van der Waals surface area contributed by atoms with Crippen molar-refractivity contribution in [2.45, 2.75) is 6.42 Å². The topological polar surface area (TPSA) is 40.7 Å². The Hall–Kier alpha value is -1.48. The Kier molecular flexibility index (Phi) is 1.92. The van der Waals surface area contributed by atoms with E-state index in [0.29, 0.717) is 0 Å². The Balaban J connectivity index is 2.27. The lowest BCUT2D eigenvalue weighted by molar-refractivity contribution is 1.03. The molecule has 4 heteroatoms. The van der Waals surface area contributed by atoms with Gasteiger partial charge in [0.05, 0.1) is 11.9 Å². The molecule has 2 N–H and O–H groups in total. The van der Waals surface area contributed by atoms with Gasteiger partial charge in [-0.1, -0.05) is 11.6 Å². The van der Waals surface area contributed by atoms with Gasteiger partial charge in [-0.25, -0.2) is 0 Å². The van der Waals surface area contributed by atoms with Gasteiger partial charge in [-0.3, -0.25) is 5.10 Å². The van der Waals surface area contributed by atoms with Crippen LogP contribution in [0, 0.1) is 0 Å². The van der Waals surface area contributed by atoms with E-state index >= 15 is 0 Å². The molecule has 0 aliphatic carbocycles. The van der Waals surface area contributed by atoms with Crippen LogP contribution in [0.25, 0.3) is 11.3 Å². The first-order chi connectivity index (χ1) is 7.34. The molecule has 0 amide bonds. The molecule has 1 aliphatic rings. The van der Waals surface area contributed by atoms with Crippen LogP contribution in [0.1, 0.15) is 5.56 Å². The number of aromatic nitrogens is 2. The number of aromatic amines is 1. The van der Waals surface area contributed by atoms with E-state index < -0.39 is 0 Å². The fourth-order valence-electron chi connectivity index (χ4n) is 1.94. The first kappa shape index (κ1) is 8.80. The van der Waals surface area contributed by atoms with Gasteiger partial charge in [-0.05, 0) is 30.2 Å². The number of H-pyrrole nitrogens is 1. The number of fused-ring (bicyclic) bond motifs is 3. The Morgan fingerprint density at radius 3 is 3.20 bits per heavy atom. The second kappa shape index (κ2) is 3.28. The first-order valence-corrected chi connectivity index (χ1v) is 5.28. The number of anilines is 1. The van der Waals surface area contributed by atoms with Crippen molar-refractivity contribution in [2.24, 2.45) is 0 Å².